The molecule has 10 nitrogen and oxygen atoms in total. The van der Waals surface area contributed by atoms with Crippen LogP contribution in [0, 0.1) is 6.92 Å². The van der Waals surface area contributed by atoms with Gasteiger partial charge in [0.05, 0.1) is 10.5 Å². The van der Waals surface area contributed by atoms with Gasteiger partial charge in [-0.2, -0.15) is 0 Å². The molecule has 156 valence electrons. The second kappa shape index (κ2) is 8.66. The van der Waals surface area contributed by atoms with E-state index < -0.39 is 28.5 Å². The zero-order chi connectivity index (χ0) is 21.7. The SMILES string of the molecule is Cc1cc(NS(=O)(=O)c2ccc(NC(=O)COC(=O)c3cccc(N)c3)cc2)no1. The predicted molar refractivity (Wildman–Crippen MR) is 108 cm³/mol. The van der Waals surface area contributed by atoms with Crippen molar-refractivity contribution in [3.63, 3.8) is 0 Å². The number of amides is 1. The summed E-state index contributed by atoms with van der Waals surface area (Å²) in [5.41, 5.74) is 6.56. The number of anilines is 3. The number of sulfonamides is 1. The lowest BCUT2D eigenvalue weighted by molar-refractivity contribution is -0.119. The van der Waals surface area contributed by atoms with Crippen LogP contribution in [0.4, 0.5) is 17.2 Å². The number of esters is 1. The standard InChI is InChI=1S/C19H18N4O6S/c1-12-9-17(22-29-12)23-30(26,27)16-7-5-15(6-8-16)21-18(24)11-28-19(25)13-3-2-4-14(20)10-13/h2-10H,11,20H2,1H3,(H,21,24)(H,22,23). The molecule has 3 aromatic rings. The molecule has 0 aliphatic rings. The predicted octanol–water partition coefficient (Wildman–Crippen LogP) is 2.16. The van der Waals surface area contributed by atoms with Gasteiger partial charge in [-0.15, -0.1) is 0 Å². The number of benzene rings is 2. The molecule has 1 amide bonds. The third kappa shape index (κ3) is 5.35. The van der Waals surface area contributed by atoms with E-state index in [-0.39, 0.29) is 16.3 Å². The van der Waals surface area contributed by atoms with Gasteiger partial charge in [-0.05, 0) is 49.4 Å². The van der Waals surface area contributed by atoms with Gasteiger partial charge in [-0.3, -0.25) is 9.52 Å². The summed E-state index contributed by atoms with van der Waals surface area (Å²) in [6.07, 6.45) is 0. The van der Waals surface area contributed by atoms with Gasteiger partial charge in [-0.25, -0.2) is 13.2 Å². The number of carbonyl (C=O) groups excluding carboxylic acids is 2. The molecule has 0 radical (unpaired) electrons. The highest BCUT2D eigenvalue weighted by Crippen LogP contribution is 2.18. The van der Waals surface area contributed by atoms with Gasteiger partial charge >= 0.3 is 5.97 Å². The van der Waals surface area contributed by atoms with Crippen LogP contribution in [-0.2, 0) is 19.6 Å². The summed E-state index contributed by atoms with van der Waals surface area (Å²) in [4.78, 5) is 23.9. The molecule has 0 aliphatic heterocycles. The van der Waals surface area contributed by atoms with E-state index in [2.05, 4.69) is 15.2 Å². The Kier molecular flexibility index (Phi) is 6.02. The summed E-state index contributed by atoms with van der Waals surface area (Å²) < 4.78 is 36.7. The molecule has 0 unspecified atom stereocenters. The number of nitrogens with zero attached hydrogens (tertiary/aromatic N) is 1. The van der Waals surface area contributed by atoms with Crippen LogP contribution >= 0.6 is 0 Å². The molecule has 0 bridgehead atoms. The first kappa shape index (κ1) is 20.9. The van der Waals surface area contributed by atoms with Gasteiger partial charge in [0.2, 0.25) is 0 Å². The number of hydrogen-bond acceptors (Lipinski definition) is 8. The van der Waals surface area contributed by atoms with Crippen LogP contribution in [0.15, 0.2) is 64.0 Å². The Bertz CT molecular complexity index is 1170. The molecular weight excluding hydrogens is 412 g/mol. The van der Waals surface area contributed by atoms with Crippen molar-refractivity contribution in [3.8, 4) is 0 Å². The number of nitrogen functional groups attached to an aromatic ring is 1. The Morgan fingerprint density at radius 3 is 2.50 bits per heavy atom. The minimum Gasteiger partial charge on any atom is -0.452 e. The number of nitrogens with one attached hydrogen (secondary N) is 2. The second-order valence-electron chi connectivity index (χ2n) is 6.20. The first-order valence-corrected chi connectivity index (χ1v) is 10.1. The molecule has 1 heterocycles. The lowest BCUT2D eigenvalue weighted by Crippen LogP contribution is -2.21. The van der Waals surface area contributed by atoms with Crippen molar-refractivity contribution >= 4 is 39.1 Å². The van der Waals surface area contributed by atoms with Gasteiger partial charge in [0, 0.05) is 17.4 Å². The number of hydrogen-bond donors (Lipinski definition) is 3. The highest BCUT2D eigenvalue weighted by atomic mass is 32.2. The number of aryl methyl sites for hydroxylation is 1. The molecular formula is C19H18N4O6S. The Morgan fingerprint density at radius 2 is 1.87 bits per heavy atom. The van der Waals surface area contributed by atoms with Crippen LogP contribution in [0.1, 0.15) is 16.1 Å². The summed E-state index contributed by atoms with van der Waals surface area (Å²) in [6.45, 7) is 1.12. The lowest BCUT2D eigenvalue weighted by Gasteiger charge is -2.08. The highest BCUT2D eigenvalue weighted by Gasteiger charge is 2.17. The van der Waals surface area contributed by atoms with Crippen LogP contribution in [0.3, 0.4) is 0 Å². The van der Waals surface area contributed by atoms with E-state index in [0.29, 0.717) is 17.1 Å². The van der Waals surface area contributed by atoms with Crippen LogP contribution in [-0.4, -0.2) is 32.1 Å². The summed E-state index contributed by atoms with van der Waals surface area (Å²) in [6, 6.07) is 13.0. The van der Waals surface area contributed by atoms with Crippen LogP contribution in [0.2, 0.25) is 0 Å². The number of ether oxygens (including phenoxy) is 1. The first-order valence-electron chi connectivity index (χ1n) is 8.62. The molecule has 4 N–H and O–H groups in total. The molecule has 0 fully saturated rings. The van der Waals surface area contributed by atoms with E-state index in [1.807, 2.05) is 0 Å². The molecule has 11 heteroatoms. The molecule has 3 rings (SSSR count). The molecule has 0 saturated carbocycles. The van der Waals surface area contributed by atoms with Crippen molar-refractivity contribution in [2.75, 3.05) is 22.4 Å². The molecule has 1 aromatic heterocycles. The minimum absolute atomic E-state index is 0.0331. The number of carbonyl (C=O) groups is 2. The Labute approximate surface area is 172 Å². The van der Waals surface area contributed by atoms with Gasteiger partial charge in [0.1, 0.15) is 5.76 Å². The summed E-state index contributed by atoms with van der Waals surface area (Å²) in [5.74, 6) is -0.749. The number of nitrogens with two attached hydrogens (primary N) is 1. The van der Waals surface area contributed by atoms with E-state index in [9.17, 15) is 18.0 Å². The number of aromatic nitrogens is 1. The van der Waals surface area contributed by atoms with Crippen molar-refractivity contribution < 1.29 is 27.3 Å². The lowest BCUT2D eigenvalue weighted by atomic mass is 10.2. The van der Waals surface area contributed by atoms with Crippen molar-refractivity contribution in [2.24, 2.45) is 0 Å². The molecule has 0 saturated heterocycles. The van der Waals surface area contributed by atoms with Gasteiger partial charge in [0.15, 0.2) is 12.4 Å². The third-order valence-electron chi connectivity index (χ3n) is 3.77. The Morgan fingerprint density at radius 1 is 1.13 bits per heavy atom. The summed E-state index contributed by atoms with van der Waals surface area (Å²) in [7, 11) is -3.87. The fourth-order valence-corrected chi connectivity index (χ4v) is 3.39. The van der Waals surface area contributed by atoms with E-state index in [4.69, 9.17) is 15.0 Å². The third-order valence-corrected chi connectivity index (χ3v) is 5.14. The van der Waals surface area contributed by atoms with E-state index in [1.54, 1.807) is 19.1 Å². The average molecular weight is 430 g/mol. The van der Waals surface area contributed by atoms with E-state index in [1.165, 1.54) is 42.5 Å². The van der Waals surface area contributed by atoms with Gasteiger partial charge < -0.3 is 20.3 Å². The van der Waals surface area contributed by atoms with Gasteiger partial charge in [-0.1, -0.05) is 11.2 Å². The zero-order valence-corrected chi connectivity index (χ0v) is 16.6. The quantitative estimate of drug-likeness (QED) is 0.381. The van der Waals surface area contributed by atoms with Crippen LogP contribution in [0.5, 0.6) is 0 Å². The van der Waals surface area contributed by atoms with Crippen molar-refractivity contribution in [3.05, 3.63) is 65.9 Å². The van der Waals surface area contributed by atoms with Crippen LogP contribution < -0.4 is 15.8 Å². The van der Waals surface area contributed by atoms with E-state index >= 15 is 0 Å². The minimum atomic E-state index is -3.87. The van der Waals surface area contributed by atoms with Crippen LogP contribution in [0.25, 0.3) is 0 Å². The number of rotatable bonds is 7. The molecule has 30 heavy (non-hydrogen) atoms. The Balaban J connectivity index is 1.55. The monoisotopic (exact) mass is 430 g/mol. The summed E-state index contributed by atoms with van der Waals surface area (Å²) in [5, 5.41) is 6.08. The molecule has 0 spiro atoms. The van der Waals surface area contributed by atoms with Crippen molar-refractivity contribution in [1.82, 2.24) is 5.16 Å². The molecule has 2 aromatic carbocycles. The first-order chi connectivity index (χ1) is 14.2. The zero-order valence-electron chi connectivity index (χ0n) is 15.8. The fourth-order valence-electron chi connectivity index (χ4n) is 2.41. The maximum atomic E-state index is 12.3. The largest absolute Gasteiger partial charge is 0.452 e. The van der Waals surface area contributed by atoms with E-state index in [0.717, 1.165) is 0 Å². The average Bonchev–Trinajstić information content (AvgIpc) is 3.10. The Hall–Kier alpha value is -3.86. The van der Waals surface area contributed by atoms with Gasteiger partial charge in [0.25, 0.3) is 15.9 Å². The highest BCUT2D eigenvalue weighted by molar-refractivity contribution is 7.92. The smallest absolute Gasteiger partial charge is 0.338 e. The fraction of sp³-hybridized carbons (Fsp3) is 0.105. The topological polar surface area (TPSA) is 154 Å². The molecule has 0 aliphatic carbocycles. The van der Waals surface area contributed by atoms with Crippen molar-refractivity contribution in [2.45, 2.75) is 11.8 Å². The summed E-state index contributed by atoms with van der Waals surface area (Å²) >= 11 is 0. The second-order valence-corrected chi connectivity index (χ2v) is 7.88. The van der Waals surface area contributed by atoms with Crippen molar-refractivity contribution in [1.29, 1.82) is 0 Å². The molecule has 0 atom stereocenters. The maximum absolute atomic E-state index is 12.3. The maximum Gasteiger partial charge on any atom is 0.338 e. The normalized spacial score (nSPS) is 11.0.